The summed E-state index contributed by atoms with van der Waals surface area (Å²) in [5.41, 5.74) is 4.65. The summed E-state index contributed by atoms with van der Waals surface area (Å²) >= 11 is 0. The Balaban J connectivity index is 2.03. The number of pyridine rings is 1. The number of ether oxygens (including phenoxy) is 2. The van der Waals surface area contributed by atoms with Crippen molar-refractivity contribution in [2.45, 2.75) is 78.7 Å². The average Bonchev–Trinajstić information content (AvgIpc) is 3.12. The molecule has 1 aromatic heterocycles. The van der Waals surface area contributed by atoms with E-state index in [0.717, 1.165) is 22.4 Å². The van der Waals surface area contributed by atoms with Gasteiger partial charge in [-0.15, -0.1) is 4.91 Å². The molecule has 0 bridgehead atoms. The molecule has 15 heteroatoms. The van der Waals surface area contributed by atoms with E-state index in [1.807, 2.05) is 72.8 Å². The molecule has 4 N–H and O–H groups in total. The smallest absolute Gasteiger partial charge is 0.407 e. The number of hydrogen-bond acceptors (Lipinski definition) is 11. The number of methoxy groups -OCH3 is 2. The first-order valence-electron chi connectivity index (χ1n) is 17.1. The lowest BCUT2D eigenvalue weighted by Gasteiger charge is -2.36. The molecule has 0 radical (unpaired) electrons. The van der Waals surface area contributed by atoms with Crippen molar-refractivity contribution in [3.8, 4) is 11.3 Å². The number of carbonyl (C=O) groups is 4. The highest BCUT2D eigenvalue weighted by atomic mass is 16.7. The summed E-state index contributed by atoms with van der Waals surface area (Å²) in [5.74, 6) is -1.12. The van der Waals surface area contributed by atoms with Gasteiger partial charge in [0.2, 0.25) is 5.91 Å². The molecule has 53 heavy (non-hydrogen) atoms. The first-order chi connectivity index (χ1) is 25.0. The highest BCUT2D eigenvalue weighted by molar-refractivity contribution is 5.87. The molecule has 3 aromatic rings. The predicted octanol–water partition coefficient (Wildman–Crippen LogP) is 4.92. The van der Waals surface area contributed by atoms with E-state index in [4.69, 9.17) is 14.3 Å². The van der Waals surface area contributed by atoms with Gasteiger partial charge in [-0.25, -0.2) is 14.6 Å². The van der Waals surface area contributed by atoms with Gasteiger partial charge in [-0.05, 0) is 40.5 Å². The van der Waals surface area contributed by atoms with Crippen molar-refractivity contribution in [3.05, 3.63) is 95.0 Å². The first-order valence-corrected chi connectivity index (χ1v) is 17.1. The molecule has 4 amide bonds. The Morgan fingerprint density at radius 1 is 0.736 bits per heavy atom. The predicted molar refractivity (Wildman–Crippen MR) is 199 cm³/mol. The van der Waals surface area contributed by atoms with Gasteiger partial charge in [0.25, 0.3) is 5.91 Å². The molecule has 0 saturated heterocycles. The van der Waals surface area contributed by atoms with E-state index in [1.165, 1.54) is 19.2 Å². The fraction of sp³-hybridized carbons (Fsp3) is 0.447. The highest BCUT2D eigenvalue weighted by Gasteiger charge is 2.38. The lowest BCUT2D eigenvalue weighted by Crippen LogP contribution is -2.61. The van der Waals surface area contributed by atoms with Crippen LogP contribution in [-0.2, 0) is 36.9 Å². The molecule has 0 unspecified atom stereocenters. The van der Waals surface area contributed by atoms with Crippen molar-refractivity contribution in [1.29, 1.82) is 0 Å². The van der Waals surface area contributed by atoms with Gasteiger partial charge in [0.15, 0.2) is 11.4 Å². The molecule has 0 saturated carbocycles. The molecular weight excluding hydrogens is 682 g/mol. The van der Waals surface area contributed by atoms with Gasteiger partial charge < -0.3 is 30.3 Å². The lowest BCUT2D eigenvalue weighted by atomic mass is 9.85. The van der Waals surface area contributed by atoms with Crippen LogP contribution in [0, 0.1) is 15.7 Å². The van der Waals surface area contributed by atoms with Crippen LogP contribution in [0.15, 0.2) is 84.3 Å². The summed E-state index contributed by atoms with van der Waals surface area (Å²) in [7, 11) is 2.40. The molecular formula is C38H51N7O8. The molecule has 286 valence electrons. The summed E-state index contributed by atoms with van der Waals surface area (Å²) in [6, 6.07) is 19.4. The third kappa shape index (κ3) is 13.2. The Morgan fingerprint density at radius 2 is 1.30 bits per heavy atom. The molecule has 4 atom stereocenters. The minimum atomic E-state index is -1.13. The second-order valence-electron chi connectivity index (χ2n) is 14.7. The SMILES string of the molecule is COC(=O)N[C@H](C(=O)N[C@@H](Cc1ccccc1)[C@H](CN(Cc1ccc(-c2ccccn2)cc1)NC(=O)[C@@H](NC(=O)OC)C(C)(C)C)ON=O)C(C)(C)C. The van der Waals surface area contributed by atoms with Crippen molar-refractivity contribution in [3.63, 3.8) is 0 Å². The summed E-state index contributed by atoms with van der Waals surface area (Å²) in [6.07, 6.45) is -0.821. The van der Waals surface area contributed by atoms with Crippen LogP contribution in [0.3, 0.4) is 0 Å². The largest absolute Gasteiger partial charge is 0.453 e. The van der Waals surface area contributed by atoms with Gasteiger partial charge >= 0.3 is 12.2 Å². The normalized spacial score (nSPS) is 13.8. The van der Waals surface area contributed by atoms with Crippen molar-refractivity contribution < 1.29 is 33.5 Å². The quantitative estimate of drug-likeness (QED) is 0.116. The second kappa shape index (κ2) is 19.3. The van der Waals surface area contributed by atoms with Gasteiger partial charge in [0, 0.05) is 18.3 Å². The number of benzene rings is 2. The number of nitrogens with one attached hydrogen (secondary N) is 4. The Kier molecular flexibility index (Phi) is 15.3. The van der Waals surface area contributed by atoms with Crippen molar-refractivity contribution in [2.24, 2.45) is 16.2 Å². The Morgan fingerprint density at radius 3 is 1.81 bits per heavy atom. The number of hydrogen-bond donors (Lipinski definition) is 4. The zero-order valence-electron chi connectivity index (χ0n) is 31.5. The zero-order valence-corrected chi connectivity index (χ0v) is 31.5. The molecule has 0 fully saturated rings. The molecule has 3 rings (SSSR count). The summed E-state index contributed by atoms with van der Waals surface area (Å²) in [6.45, 7) is 10.7. The van der Waals surface area contributed by atoms with E-state index in [9.17, 15) is 24.1 Å². The van der Waals surface area contributed by atoms with E-state index in [2.05, 4.69) is 31.7 Å². The Labute approximate surface area is 310 Å². The maximum Gasteiger partial charge on any atom is 0.407 e. The molecule has 15 nitrogen and oxygen atoms in total. The van der Waals surface area contributed by atoms with Gasteiger partial charge in [0.05, 0.1) is 32.5 Å². The molecule has 0 aliphatic carbocycles. The van der Waals surface area contributed by atoms with Crippen molar-refractivity contribution >= 4 is 24.0 Å². The number of amides is 4. The minimum Gasteiger partial charge on any atom is -0.453 e. The minimum absolute atomic E-state index is 0.114. The van der Waals surface area contributed by atoms with Gasteiger partial charge in [0.1, 0.15) is 12.1 Å². The molecule has 0 aliphatic rings. The topological polar surface area (TPSA) is 190 Å². The third-order valence-electron chi connectivity index (χ3n) is 8.36. The number of rotatable bonds is 16. The maximum atomic E-state index is 13.9. The number of aromatic nitrogens is 1. The van der Waals surface area contributed by atoms with Crippen LogP contribution >= 0.6 is 0 Å². The Hall–Kier alpha value is -5.57. The number of hydrazine groups is 1. The Bertz CT molecular complexity index is 1640. The molecule has 2 aromatic carbocycles. The van der Waals surface area contributed by atoms with Crippen LogP contribution in [0.1, 0.15) is 52.7 Å². The lowest BCUT2D eigenvalue weighted by molar-refractivity contribution is -0.133. The van der Waals surface area contributed by atoms with Crippen molar-refractivity contribution in [2.75, 3.05) is 20.8 Å². The standard InChI is InChI=1S/C38H51N7O8/c1-37(2,3)31(41-35(48)51-7)33(46)40-29(22-25-14-10-9-11-15-25)30(53-44-50)24-45(43-34(47)32(38(4,5)6)42-36(49)52-8)23-26-17-19-27(20-18-26)28-16-12-13-21-39-28/h9-21,29-32H,22-24H2,1-8H3,(H,40,46)(H,41,48)(H,42,49)(H,43,47)/t29-,30-,31+,32+/m0/s1. The average molecular weight is 734 g/mol. The van der Waals surface area contributed by atoms with Crippen LogP contribution in [0.25, 0.3) is 11.3 Å². The van der Waals surface area contributed by atoms with E-state index >= 15 is 0 Å². The molecule has 1 heterocycles. The summed E-state index contributed by atoms with van der Waals surface area (Å²) in [5, 5.41) is 12.4. The first kappa shape index (κ1) is 41.8. The number of alkyl carbamates (subject to hydrolysis) is 2. The molecule has 0 aliphatic heterocycles. The van der Waals surface area contributed by atoms with Crippen LogP contribution in [0.5, 0.6) is 0 Å². The summed E-state index contributed by atoms with van der Waals surface area (Å²) in [4.78, 5) is 74.0. The maximum absolute atomic E-state index is 13.9. The van der Waals surface area contributed by atoms with Crippen LogP contribution in [0.4, 0.5) is 9.59 Å². The van der Waals surface area contributed by atoms with Crippen molar-refractivity contribution in [1.82, 2.24) is 31.4 Å². The van der Waals surface area contributed by atoms with Gasteiger partial charge in [-0.2, -0.15) is 0 Å². The molecule has 0 spiro atoms. The van der Waals surface area contributed by atoms with E-state index in [1.54, 1.807) is 47.7 Å². The fourth-order valence-corrected chi connectivity index (χ4v) is 5.53. The highest BCUT2D eigenvalue weighted by Crippen LogP contribution is 2.23. The van der Waals surface area contributed by atoms with E-state index in [0.29, 0.717) is 0 Å². The summed E-state index contributed by atoms with van der Waals surface area (Å²) < 4.78 is 9.55. The van der Waals surface area contributed by atoms with Crippen LogP contribution in [0.2, 0.25) is 0 Å². The zero-order chi connectivity index (χ0) is 39.2. The van der Waals surface area contributed by atoms with E-state index < -0.39 is 59.1 Å². The third-order valence-corrected chi connectivity index (χ3v) is 8.36. The fourth-order valence-electron chi connectivity index (χ4n) is 5.53. The number of nitrogens with zero attached hydrogens (tertiary/aromatic N) is 3. The number of carbonyl (C=O) groups excluding carboxylic acids is 4. The van der Waals surface area contributed by atoms with E-state index in [-0.39, 0.29) is 19.5 Å². The second-order valence-corrected chi connectivity index (χ2v) is 14.7. The van der Waals surface area contributed by atoms with Gasteiger partial charge in [-0.3, -0.25) is 20.0 Å². The van der Waals surface area contributed by atoms with Gasteiger partial charge in [-0.1, -0.05) is 102 Å². The van der Waals surface area contributed by atoms with Crippen LogP contribution in [-0.4, -0.2) is 79.0 Å². The monoisotopic (exact) mass is 733 g/mol. The van der Waals surface area contributed by atoms with Crippen LogP contribution < -0.4 is 21.4 Å².